The quantitative estimate of drug-likeness (QED) is 0.884. The van der Waals surface area contributed by atoms with Gasteiger partial charge in [-0.15, -0.1) is 0 Å². The van der Waals surface area contributed by atoms with Gasteiger partial charge in [-0.1, -0.05) is 0 Å². The van der Waals surface area contributed by atoms with E-state index in [4.69, 9.17) is 5.73 Å². The van der Waals surface area contributed by atoms with Crippen LogP contribution in [0.25, 0.3) is 0 Å². The summed E-state index contributed by atoms with van der Waals surface area (Å²) < 4.78 is 40.7. The van der Waals surface area contributed by atoms with Crippen molar-refractivity contribution in [3.05, 3.63) is 64.7 Å². The van der Waals surface area contributed by atoms with Gasteiger partial charge >= 0.3 is 0 Å². The summed E-state index contributed by atoms with van der Waals surface area (Å²) in [5, 5.41) is 0. The molecule has 2 aromatic rings. The highest BCUT2D eigenvalue weighted by atomic mass is 19.2. The van der Waals surface area contributed by atoms with Crippen LogP contribution in [0.5, 0.6) is 0 Å². The molecule has 0 amide bonds. The molecule has 21 heavy (non-hydrogen) atoms. The molecule has 0 bridgehead atoms. The van der Waals surface area contributed by atoms with Crippen LogP contribution in [0.2, 0.25) is 0 Å². The molecule has 1 aliphatic heterocycles. The highest BCUT2D eigenvalue weighted by Crippen LogP contribution is 2.37. The van der Waals surface area contributed by atoms with Crippen molar-refractivity contribution in [3.63, 3.8) is 0 Å². The van der Waals surface area contributed by atoms with E-state index in [2.05, 4.69) is 4.98 Å². The Bertz CT molecular complexity index is 661. The maximum atomic E-state index is 13.9. The SMILES string of the molecule is NCC1c2cc(F)c(F)c(F)c2CN1Cc1ccncc1. The van der Waals surface area contributed by atoms with Crippen LogP contribution >= 0.6 is 0 Å². The van der Waals surface area contributed by atoms with Crippen LogP contribution in [-0.4, -0.2) is 16.4 Å². The Morgan fingerprint density at radius 2 is 1.90 bits per heavy atom. The Hall–Kier alpha value is -1.92. The van der Waals surface area contributed by atoms with E-state index in [1.165, 1.54) is 0 Å². The maximum absolute atomic E-state index is 13.9. The van der Waals surface area contributed by atoms with Crippen LogP contribution in [0.3, 0.4) is 0 Å². The van der Waals surface area contributed by atoms with Gasteiger partial charge in [0.25, 0.3) is 0 Å². The molecule has 0 fully saturated rings. The topological polar surface area (TPSA) is 42.1 Å². The molecular weight excluding hydrogens is 279 g/mol. The molecule has 1 atom stereocenters. The summed E-state index contributed by atoms with van der Waals surface area (Å²) >= 11 is 0. The zero-order valence-corrected chi connectivity index (χ0v) is 11.2. The third kappa shape index (κ3) is 2.41. The Balaban J connectivity index is 1.94. The van der Waals surface area contributed by atoms with Gasteiger partial charge in [0.2, 0.25) is 0 Å². The highest BCUT2D eigenvalue weighted by molar-refractivity contribution is 5.37. The third-order valence-corrected chi connectivity index (χ3v) is 3.82. The van der Waals surface area contributed by atoms with Gasteiger partial charge in [-0.2, -0.15) is 0 Å². The van der Waals surface area contributed by atoms with Crippen molar-refractivity contribution >= 4 is 0 Å². The average molecular weight is 293 g/mol. The van der Waals surface area contributed by atoms with Crippen LogP contribution in [0, 0.1) is 17.5 Å². The van der Waals surface area contributed by atoms with Gasteiger partial charge in [-0.3, -0.25) is 9.88 Å². The van der Waals surface area contributed by atoms with E-state index in [1.807, 2.05) is 17.0 Å². The van der Waals surface area contributed by atoms with Crippen molar-refractivity contribution < 1.29 is 13.2 Å². The van der Waals surface area contributed by atoms with E-state index in [0.717, 1.165) is 11.6 Å². The first-order valence-corrected chi connectivity index (χ1v) is 6.61. The second kappa shape index (κ2) is 5.46. The van der Waals surface area contributed by atoms with Crippen LogP contribution < -0.4 is 5.73 Å². The summed E-state index contributed by atoms with van der Waals surface area (Å²) in [6.45, 7) is 0.937. The molecule has 1 aromatic carbocycles. The van der Waals surface area contributed by atoms with Crippen LogP contribution in [0.1, 0.15) is 22.7 Å². The monoisotopic (exact) mass is 293 g/mol. The number of fused-ring (bicyclic) bond motifs is 1. The van der Waals surface area contributed by atoms with E-state index in [1.54, 1.807) is 12.4 Å². The number of benzene rings is 1. The molecule has 6 heteroatoms. The van der Waals surface area contributed by atoms with Gasteiger partial charge in [0.15, 0.2) is 17.5 Å². The van der Waals surface area contributed by atoms with Crippen molar-refractivity contribution in [1.82, 2.24) is 9.88 Å². The summed E-state index contributed by atoms with van der Waals surface area (Å²) in [5.41, 5.74) is 7.35. The lowest BCUT2D eigenvalue weighted by molar-refractivity contribution is 0.209. The molecule has 0 saturated heterocycles. The Morgan fingerprint density at radius 1 is 1.19 bits per heavy atom. The van der Waals surface area contributed by atoms with Crippen LogP contribution in [-0.2, 0) is 13.1 Å². The fourth-order valence-corrected chi connectivity index (χ4v) is 2.78. The smallest absolute Gasteiger partial charge is 0.194 e. The number of aromatic nitrogens is 1. The molecule has 1 aromatic heterocycles. The Labute approximate surface area is 120 Å². The number of hydrogen-bond acceptors (Lipinski definition) is 3. The minimum Gasteiger partial charge on any atom is -0.329 e. The Morgan fingerprint density at radius 3 is 2.57 bits per heavy atom. The summed E-state index contributed by atoms with van der Waals surface area (Å²) in [6, 6.07) is 4.41. The first-order valence-electron chi connectivity index (χ1n) is 6.61. The lowest BCUT2D eigenvalue weighted by Gasteiger charge is -2.23. The van der Waals surface area contributed by atoms with Gasteiger partial charge in [0.1, 0.15) is 0 Å². The van der Waals surface area contributed by atoms with Crippen molar-refractivity contribution in [2.24, 2.45) is 5.73 Å². The second-order valence-corrected chi connectivity index (χ2v) is 5.07. The first kappa shape index (κ1) is 14.0. The predicted molar refractivity (Wildman–Crippen MR) is 71.6 cm³/mol. The largest absolute Gasteiger partial charge is 0.329 e. The summed E-state index contributed by atoms with van der Waals surface area (Å²) in [4.78, 5) is 5.84. The molecule has 0 radical (unpaired) electrons. The number of nitrogens with zero attached hydrogens (tertiary/aromatic N) is 2. The fraction of sp³-hybridized carbons (Fsp3) is 0.267. The zero-order valence-electron chi connectivity index (χ0n) is 11.2. The number of hydrogen-bond donors (Lipinski definition) is 1. The average Bonchev–Trinajstić information content (AvgIpc) is 2.83. The fourth-order valence-electron chi connectivity index (χ4n) is 2.78. The molecule has 0 saturated carbocycles. The predicted octanol–water partition coefficient (Wildman–Crippen LogP) is 2.51. The zero-order chi connectivity index (χ0) is 15.0. The van der Waals surface area contributed by atoms with Crippen molar-refractivity contribution in [1.29, 1.82) is 0 Å². The third-order valence-electron chi connectivity index (χ3n) is 3.82. The van der Waals surface area contributed by atoms with Gasteiger partial charge in [-0.25, -0.2) is 13.2 Å². The number of halogens is 3. The van der Waals surface area contributed by atoms with Crippen molar-refractivity contribution in [3.8, 4) is 0 Å². The molecule has 1 aliphatic rings. The number of nitrogens with two attached hydrogens (primary N) is 1. The minimum absolute atomic E-state index is 0.193. The molecule has 3 rings (SSSR count). The molecule has 2 heterocycles. The summed E-state index contributed by atoms with van der Waals surface area (Å²) in [7, 11) is 0. The second-order valence-electron chi connectivity index (χ2n) is 5.07. The van der Waals surface area contributed by atoms with E-state index in [9.17, 15) is 13.2 Å². The maximum Gasteiger partial charge on any atom is 0.194 e. The van der Waals surface area contributed by atoms with E-state index >= 15 is 0 Å². The molecule has 2 N–H and O–H groups in total. The van der Waals surface area contributed by atoms with E-state index in [0.29, 0.717) is 12.1 Å². The van der Waals surface area contributed by atoms with E-state index < -0.39 is 17.5 Å². The van der Waals surface area contributed by atoms with E-state index in [-0.39, 0.29) is 24.7 Å². The number of pyridine rings is 1. The van der Waals surface area contributed by atoms with Gasteiger partial charge in [0.05, 0.1) is 0 Å². The normalized spacial score (nSPS) is 18.0. The van der Waals surface area contributed by atoms with Gasteiger partial charge in [0, 0.05) is 43.6 Å². The first-order chi connectivity index (χ1) is 10.1. The van der Waals surface area contributed by atoms with Crippen LogP contribution in [0.4, 0.5) is 13.2 Å². The number of rotatable bonds is 3. The molecule has 0 aliphatic carbocycles. The van der Waals surface area contributed by atoms with Crippen molar-refractivity contribution in [2.45, 2.75) is 19.1 Å². The molecular formula is C15H14F3N3. The van der Waals surface area contributed by atoms with Crippen LogP contribution in [0.15, 0.2) is 30.6 Å². The Kier molecular flexibility index (Phi) is 3.65. The highest BCUT2D eigenvalue weighted by Gasteiger charge is 2.34. The summed E-state index contributed by atoms with van der Waals surface area (Å²) in [5.74, 6) is -3.70. The van der Waals surface area contributed by atoms with Crippen molar-refractivity contribution in [2.75, 3.05) is 6.54 Å². The molecule has 0 spiro atoms. The lowest BCUT2D eigenvalue weighted by Crippen LogP contribution is -2.27. The molecule has 1 unspecified atom stereocenters. The van der Waals surface area contributed by atoms with Gasteiger partial charge in [-0.05, 0) is 29.3 Å². The molecule has 3 nitrogen and oxygen atoms in total. The summed E-state index contributed by atoms with van der Waals surface area (Å²) in [6.07, 6.45) is 3.33. The van der Waals surface area contributed by atoms with Gasteiger partial charge < -0.3 is 5.73 Å². The molecule has 110 valence electrons. The lowest BCUT2D eigenvalue weighted by atomic mass is 10.0. The standard InChI is InChI=1S/C15H14F3N3/c16-12-5-10-11(14(17)15(12)18)8-21(13(10)6-19)7-9-1-3-20-4-2-9/h1-5,13H,6-8,19H2. The minimum atomic E-state index is -1.42.